The van der Waals surface area contributed by atoms with Crippen LogP contribution >= 0.6 is 33.9 Å². The summed E-state index contributed by atoms with van der Waals surface area (Å²) in [7, 11) is 0. The Hall–Kier alpha value is -0.180. The molecule has 4 nitrogen and oxygen atoms in total. The molecule has 0 aromatic carbocycles. The lowest BCUT2D eigenvalue weighted by molar-refractivity contribution is 0.0243. The third kappa shape index (κ3) is 4.18. The molecule has 1 aromatic rings. The minimum absolute atomic E-state index is 0.207. The first-order valence-corrected chi connectivity index (χ1v) is 9.51. The molecule has 1 amide bonds. The van der Waals surface area contributed by atoms with Crippen molar-refractivity contribution in [1.29, 1.82) is 0 Å². The lowest BCUT2D eigenvalue weighted by Gasteiger charge is -2.36. The molecule has 0 saturated carbocycles. The number of carbonyl (C=O) groups is 1. The molecule has 116 valence electrons. The van der Waals surface area contributed by atoms with E-state index in [1.165, 1.54) is 9.43 Å². The number of thiophene rings is 1. The van der Waals surface area contributed by atoms with Gasteiger partial charge in [0.25, 0.3) is 5.91 Å². The number of morpholine rings is 1. The van der Waals surface area contributed by atoms with Gasteiger partial charge in [0.05, 0.1) is 21.7 Å². The van der Waals surface area contributed by atoms with Crippen LogP contribution in [0, 0.1) is 8.80 Å². The molecular weight excluding hydrogens is 399 g/mol. The summed E-state index contributed by atoms with van der Waals surface area (Å²) in [4.78, 5) is 16.9. The molecule has 0 N–H and O–H groups in total. The SMILES string of the molecule is O=C(c1csc(I)c1)N1CCC(CN2CCOCC2)CC1. The highest BCUT2D eigenvalue weighted by atomic mass is 127. The number of hydrogen-bond donors (Lipinski definition) is 0. The average Bonchev–Trinajstić information content (AvgIpc) is 2.95. The lowest BCUT2D eigenvalue weighted by atomic mass is 9.95. The standard InChI is InChI=1S/C15H21IN2O2S/c16-14-9-13(11-21-14)15(19)18-3-1-12(2-4-18)10-17-5-7-20-8-6-17/h9,11-12H,1-8,10H2. The van der Waals surface area contributed by atoms with Gasteiger partial charge in [0.1, 0.15) is 0 Å². The van der Waals surface area contributed by atoms with Crippen LogP contribution in [0.25, 0.3) is 0 Å². The number of rotatable bonds is 3. The molecule has 6 heteroatoms. The minimum Gasteiger partial charge on any atom is -0.379 e. The van der Waals surface area contributed by atoms with Gasteiger partial charge in [0, 0.05) is 38.1 Å². The molecule has 0 radical (unpaired) electrons. The van der Waals surface area contributed by atoms with Gasteiger partial charge < -0.3 is 9.64 Å². The van der Waals surface area contributed by atoms with Gasteiger partial charge in [-0.15, -0.1) is 11.3 Å². The highest BCUT2D eigenvalue weighted by Crippen LogP contribution is 2.23. The van der Waals surface area contributed by atoms with E-state index >= 15 is 0 Å². The second-order valence-corrected chi connectivity index (χ2v) is 8.59. The Kier molecular flexibility index (Phi) is 5.53. The van der Waals surface area contributed by atoms with E-state index in [-0.39, 0.29) is 5.91 Å². The van der Waals surface area contributed by atoms with E-state index in [1.54, 1.807) is 11.3 Å². The Balaban J connectivity index is 1.47. The summed E-state index contributed by atoms with van der Waals surface area (Å²) >= 11 is 3.91. The molecule has 2 saturated heterocycles. The number of amides is 1. The number of likely N-dealkylation sites (tertiary alicyclic amines) is 1. The molecule has 3 heterocycles. The van der Waals surface area contributed by atoms with Crippen LogP contribution in [0.1, 0.15) is 23.2 Å². The molecular formula is C15H21IN2O2S. The van der Waals surface area contributed by atoms with Gasteiger partial charge >= 0.3 is 0 Å². The highest BCUT2D eigenvalue weighted by molar-refractivity contribution is 14.1. The summed E-state index contributed by atoms with van der Waals surface area (Å²) in [5.41, 5.74) is 0.857. The Morgan fingerprint density at radius 3 is 2.62 bits per heavy atom. The molecule has 21 heavy (non-hydrogen) atoms. The van der Waals surface area contributed by atoms with Gasteiger partial charge in [0.2, 0.25) is 0 Å². The molecule has 0 atom stereocenters. The number of nitrogens with zero attached hydrogens (tertiary/aromatic N) is 2. The largest absolute Gasteiger partial charge is 0.379 e. The zero-order chi connectivity index (χ0) is 14.7. The second kappa shape index (κ2) is 7.39. The van der Waals surface area contributed by atoms with Crippen molar-refractivity contribution in [3.63, 3.8) is 0 Å². The molecule has 1 aromatic heterocycles. The normalized spacial score (nSPS) is 21.7. The first kappa shape index (κ1) is 15.7. The number of carbonyl (C=O) groups excluding carboxylic acids is 1. The van der Waals surface area contributed by atoms with Gasteiger partial charge in [-0.3, -0.25) is 9.69 Å². The van der Waals surface area contributed by atoms with E-state index in [0.717, 1.165) is 63.7 Å². The summed E-state index contributed by atoms with van der Waals surface area (Å²) in [5, 5.41) is 1.98. The van der Waals surface area contributed by atoms with Crippen molar-refractivity contribution in [1.82, 2.24) is 9.80 Å². The van der Waals surface area contributed by atoms with Crippen molar-refractivity contribution in [2.24, 2.45) is 5.92 Å². The topological polar surface area (TPSA) is 32.8 Å². The van der Waals surface area contributed by atoms with Crippen LogP contribution < -0.4 is 0 Å². The Morgan fingerprint density at radius 2 is 2.00 bits per heavy atom. The molecule has 0 bridgehead atoms. The maximum Gasteiger partial charge on any atom is 0.254 e. The highest BCUT2D eigenvalue weighted by Gasteiger charge is 2.25. The quantitative estimate of drug-likeness (QED) is 0.705. The number of halogens is 1. The zero-order valence-corrected chi connectivity index (χ0v) is 15.1. The average molecular weight is 420 g/mol. The second-order valence-electron chi connectivity index (χ2n) is 5.79. The molecule has 2 fully saturated rings. The van der Waals surface area contributed by atoms with Gasteiger partial charge in [-0.05, 0) is 47.4 Å². The van der Waals surface area contributed by atoms with Crippen molar-refractivity contribution in [2.45, 2.75) is 12.8 Å². The van der Waals surface area contributed by atoms with E-state index in [0.29, 0.717) is 0 Å². The minimum atomic E-state index is 0.207. The first-order valence-electron chi connectivity index (χ1n) is 7.56. The van der Waals surface area contributed by atoms with E-state index in [1.807, 2.05) is 16.3 Å². The number of hydrogen-bond acceptors (Lipinski definition) is 4. The third-order valence-electron chi connectivity index (χ3n) is 4.34. The summed E-state index contributed by atoms with van der Waals surface area (Å²) in [6, 6.07) is 1.99. The Morgan fingerprint density at radius 1 is 1.29 bits per heavy atom. The molecule has 0 aliphatic carbocycles. The summed E-state index contributed by atoms with van der Waals surface area (Å²) < 4.78 is 6.57. The summed E-state index contributed by atoms with van der Waals surface area (Å²) in [6.07, 6.45) is 2.26. The van der Waals surface area contributed by atoms with Crippen LogP contribution in [0.5, 0.6) is 0 Å². The maximum absolute atomic E-state index is 12.4. The molecule has 0 spiro atoms. The van der Waals surface area contributed by atoms with E-state index < -0.39 is 0 Å². The van der Waals surface area contributed by atoms with Crippen LogP contribution in [0.3, 0.4) is 0 Å². The summed E-state index contributed by atoms with van der Waals surface area (Å²) in [5.74, 6) is 0.939. The van der Waals surface area contributed by atoms with Crippen molar-refractivity contribution in [3.05, 3.63) is 19.9 Å². The van der Waals surface area contributed by atoms with Crippen LogP contribution in [-0.2, 0) is 4.74 Å². The maximum atomic E-state index is 12.4. The molecule has 2 aliphatic rings. The monoisotopic (exact) mass is 420 g/mol. The summed E-state index contributed by atoms with van der Waals surface area (Å²) in [6.45, 7) is 6.84. The van der Waals surface area contributed by atoms with E-state index in [9.17, 15) is 4.79 Å². The fraction of sp³-hybridized carbons (Fsp3) is 0.667. The predicted octanol–water partition coefficient (Wildman–Crippen LogP) is 2.54. The molecule has 0 unspecified atom stereocenters. The van der Waals surface area contributed by atoms with Crippen molar-refractivity contribution in [2.75, 3.05) is 45.9 Å². The smallest absolute Gasteiger partial charge is 0.254 e. The third-order valence-corrected chi connectivity index (χ3v) is 6.13. The zero-order valence-electron chi connectivity index (χ0n) is 12.1. The van der Waals surface area contributed by atoms with Gasteiger partial charge in [-0.1, -0.05) is 0 Å². The van der Waals surface area contributed by atoms with Crippen molar-refractivity contribution >= 4 is 39.8 Å². The van der Waals surface area contributed by atoms with Gasteiger partial charge in [-0.25, -0.2) is 0 Å². The molecule has 3 rings (SSSR count). The van der Waals surface area contributed by atoms with Crippen LogP contribution in [-0.4, -0.2) is 61.6 Å². The van der Waals surface area contributed by atoms with E-state index in [2.05, 4.69) is 27.5 Å². The van der Waals surface area contributed by atoms with Crippen LogP contribution in [0.4, 0.5) is 0 Å². The number of ether oxygens (including phenoxy) is 1. The Labute approximate surface area is 143 Å². The first-order chi connectivity index (χ1) is 10.2. The fourth-order valence-corrected chi connectivity index (χ4v) is 4.39. The van der Waals surface area contributed by atoms with Crippen LogP contribution in [0.15, 0.2) is 11.4 Å². The van der Waals surface area contributed by atoms with Gasteiger partial charge in [-0.2, -0.15) is 0 Å². The van der Waals surface area contributed by atoms with E-state index in [4.69, 9.17) is 4.74 Å². The number of piperidine rings is 1. The molecule has 2 aliphatic heterocycles. The van der Waals surface area contributed by atoms with Crippen molar-refractivity contribution < 1.29 is 9.53 Å². The fourth-order valence-electron chi connectivity index (χ4n) is 3.07. The lowest BCUT2D eigenvalue weighted by Crippen LogP contribution is -2.44. The van der Waals surface area contributed by atoms with Crippen molar-refractivity contribution in [3.8, 4) is 0 Å². The Bertz CT molecular complexity index is 480. The predicted molar refractivity (Wildman–Crippen MR) is 92.9 cm³/mol. The van der Waals surface area contributed by atoms with Crippen LogP contribution in [0.2, 0.25) is 0 Å². The van der Waals surface area contributed by atoms with Gasteiger partial charge in [0.15, 0.2) is 0 Å².